The molecule has 5 atom stereocenters. The van der Waals surface area contributed by atoms with Crippen LogP contribution >= 0.6 is 7.82 Å². The van der Waals surface area contributed by atoms with Crippen LogP contribution in [0, 0.1) is 5.92 Å². The van der Waals surface area contributed by atoms with E-state index in [1.165, 1.54) is 24.3 Å². The molecule has 12 nitrogen and oxygen atoms in total. The van der Waals surface area contributed by atoms with Gasteiger partial charge in [-0.1, -0.05) is 43.3 Å². The van der Waals surface area contributed by atoms with Crippen LogP contribution in [0.1, 0.15) is 31.2 Å². The van der Waals surface area contributed by atoms with E-state index in [-0.39, 0.29) is 30.4 Å². The monoisotopic (exact) mass is 609 g/mol. The highest BCUT2D eigenvalue weighted by molar-refractivity contribution is 7.89. The fourth-order valence-corrected chi connectivity index (χ4v) is 7.15. The Balaban J connectivity index is 1.73. The van der Waals surface area contributed by atoms with Gasteiger partial charge in [-0.2, -0.15) is 4.31 Å². The van der Waals surface area contributed by atoms with Crippen LogP contribution in [0.15, 0.2) is 72.1 Å². The molecule has 1 aliphatic heterocycles. The Morgan fingerprint density at radius 2 is 1.93 bits per heavy atom. The van der Waals surface area contributed by atoms with Gasteiger partial charge in [0.25, 0.3) is 0 Å². The summed E-state index contributed by atoms with van der Waals surface area (Å²) >= 11 is 0. The zero-order valence-electron chi connectivity index (χ0n) is 22.7. The van der Waals surface area contributed by atoms with Gasteiger partial charge in [-0.05, 0) is 42.2 Å². The number of phosphoric ester groups is 1. The first kappa shape index (κ1) is 31.2. The molecular formula is C27H36N3O9PS. The summed E-state index contributed by atoms with van der Waals surface area (Å²) in [5.74, 6) is -0.764. The largest absolute Gasteiger partial charge is 0.469 e. The number of carbonyl (C=O) groups is 1. The number of carbonyl (C=O) groups excluding carboxylic acids is 1. The minimum Gasteiger partial charge on any atom is -0.444 e. The minimum absolute atomic E-state index is 0.0593. The number of nitrogens with zero attached hydrogens (tertiary/aromatic N) is 1. The highest BCUT2D eigenvalue weighted by Gasteiger charge is 2.63. The topological polar surface area (TPSA) is 178 Å². The molecule has 1 saturated heterocycles. The van der Waals surface area contributed by atoms with Crippen molar-refractivity contribution in [2.45, 2.75) is 48.3 Å². The van der Waals surface area contributed by atoms with Gasteiger partial charge >= 0.3 is 13.9 Å². The number of ether oxygens (including phenoxy) is 2. The van der Waals surface area contributed by atoms with E-state index in [0.717, 1.165) is 9.87 Å². The predicted molar refractivity (Wildman–Crippen MR) is 151 cm³/mol. The van der Waals surface area contributed by atoms with Gasteiger partial charge in [0.2, 0.25) is 10.0 Å². The molecule has 0 spiro atoms. The van der Waals surface area contributed by atoms with E-state index >= 15 is 0 Å². The van der Waals surface area contributed by atoms with Gasteiger partial charge in [-0.3, -0.25) is 4.52 Å². The maximum absolute atomic E-state index is 13.8. The van der Waals surface area contributed by atoms with Crippen molar-refractivity contribution < 1.29 is 41.6 Å². The molecule has 2 aromatic rings. The van der Waals surface area contributed by atoms with Crippen molar-refractivity contribution in [2.75, 3.05) is 32.0 Å². The van der Waals surface area contributed by atoms with E-state index in [9.17, 15) is 27.6 Å². The van der Waals surface area contributed by atoms with E-state index in [1.807, 2.05) is 18.2 Å². The fraction of sp³-hybridized carbons (Fsp3) is 0.444. The van der Waals surface area contributed by atoms with E-state index in [1.54, 1.807) is 25.1 Å². The molecule has 14 heteroatoms. The lowest BCUT2D eigenvalue weighted by atomic mass is 10.0. The second-order valence-electron chi connectivity index (χ2n) is 10.4. The molecule has 2 aromatic carbocycles. The quantitative estimate of drug-likeness (QED) is 0.150. The van der Waals surface area contributed by atoms with Crippen molar-refractivity contribution in [3.63, 3.8) is 0 Å². The lowest BCUT2D eigenvalue weighted by Crippen LogP contribution is -2.54. The first-order valence-corrected chi connectivity index (χ1v) is 16.1. The Labute approximate surface area is 239 Å². The van der Waals surface area contributed by atoms with Crippen molar-refractivity contribution in [1.29, 1.82) is 0 Å². The SMILES string of the molecule is C=CC(C)CN(CC(OP(=O)(O)O)C1(NC(=O)O[C@H]2CCOC2)C[C@H]1c1ccccc1)S(=O)(=O)c1ccc(N)cc1. The number of benzene rings is 2. The Morgan fingerprint density at radius 3 is 2.51 bits per heavy atom. The number of hydrogen-bond acceptors (Lipinski definition) is 8. The number of alkyl carbamates (subject to hydrolysis) is 1. The Kier molecular flexibility index (Phi) is 9.59. The summed E-state index contributed by atoms with van der Waals surface area (Å²) in [5.41, 5.74) is 5.52. The summed E-state index contributed by atoms with van der Waals surface area (Å²) in [6, 6.07) is 14.7. The van der Waals surface area contributed by atoms with E-state index in [4.69, 9.17) is 19.7 Å². The average molecular weight is 610 g/mol. The number of nitrogens with one attached hydrogen (secondary N) is 1. The number of hydrogen-bond donors (Lipinski definition) is 4. The molecule has 1 aliphatic carbocycles. The van der Waals surface area contributed by atoms with Crippen LogP contribution in [-0.4, -0.2) is 72.7 Å². The number of phosphoric acid groups is 1. The van der Waals surface area contributed by atoms with Crippen LogP contribution in [0.5, 0.6) is 0 Å². The molecule has 1 heterocycles. The summed E-state index contributed by atoms with van der Waals surface area (Å²) in [6.45, 7) is 5.64. The second kappa shape index (κ2) is 12.6. The molecule has 41 heavy (non-hydrogen) atoms. The number of nitrogens with two attached hydrogens (primary N) is 1. The zero-order valence-corrected chi connectivity index (χ0v) is 24.4. The molecule has 0 bridgehead atoms. The lowest BCUT2D eigenvalue weighted by molar-refractivity contribution is 0.0535. The van der Waals surface area contributed by atoms with Crippen molar-refractivity contribution in [2.24, 2.45) is 5.92 Å². The highest BCUT2D eigenvalue weighted by atomic mass is 32.2. The Hall–Kier alpha value is -2.77. The maximum atomic E-state index is 13.8. The molecule has 2 fully saturated rings. The molecule has 224 valence electrons. The number of amides is 1. The van der Waals surface area contributed by atoms with Crippen LogP contribution in [0.25, 0.3) is 0 Å². The average Bonchev–Trinajstić information content (AvgIpc) is 3.41. The van der Waals surface area contributed by atoms with Gasteiger partial charge < -0.3 is 30.3 Å². The Bertz CT molecular complexity index is 1360. The summed E-state index contributed by atoms with van der Waals surface area (Å²) in [7, 11) is -9.37. The van der Waals surface area contributed by atoms with Crippen LogP contribution in [0.4, 0.5) is 10.5 Å². The van der Waals surface area contributed by atoms with Crippen molar-refractivity contribution in [3.05, 3.63) is 72.8 Å². The number of nitrogen functional groups attached to an aromatic ring is 1. The maximum Gasteiger partial charge on any atom is 0.469 e. The normalized spacial score (nSPS) is 24.0. The number of anilines is 1. The summed E-state index contributed by atoms with van der Waals surface area (Å²) in [4.78, 5) is 32.9. The first-order chi connectivity index (χ1) is 19.3. The molecule has 1 saturated carbocycles. The summed E-state index contributed by atoms with van der Waals surface area (Å²) in [6.07, 6.45) is -0.434. The van der Waals surface area contributed by atoms with Crippen molar-refractivity contribution in [1.82, 2.24) is 9.62 Å². The summed E-state index contributed by atoms with van der Waals surface area (Å²) < 4.78 is 57.1. The first-order valence-electron chi connectivity index (χ1n) is 13.2. The van der Waals surface area contributed by atoms with Gasteiger partial charge in [0, 0.05) is 31.1 Å². The van der Waals surface area contributed by atoms with Gasteiger partial charge in [0.15, 0.2) is 0 Å². The highest BCUT2D eigenvalue weighted by Crippen LogP contribution is 2.57. The van der Waals surface area contributed by atoms with Crippen molar-refractivity contribution >= 4 is 29.6 Å². The fourth-order valence-electron chi connectivity index (χ4n) is 5.03. The smallest absolute Gasteiger partial charge is 0.444 e. The third-order valence-electron chi connectivity index (χ3n) is 7.32. The third-order valence-corrected chi connectivity index (χ3v) is 9.70. The van der Waals surface area contributed by atoms with E-state index in [2.05, 4.69) is 11.9 Å². The van der Waals surface area contributed by atoms with E-state index < -0.39 is 54.1 Å². The molecule has 3 unspecified atom stereocenters. The second-order valence-corrected chi connectivity index (χ2v) is 13.5. The van der Waals surface area contributed by atoms with Crippen LogP contribution in [0.3, 0.4) is 0 Å². The molecular weight excluding hydrogens is 573 g/mol. The number of sulfonamides is 1. The van der Waals surface area contributed by atoms with Gasteiger partial charge in [0.05, 0.1) is 23.6 Å². The molecule has 4 rings (SSSR count). The third kappa shape index (κ3) is 7.75. The minimum atomic E-state index is -5.17. The lowest BCUT2D eigenvalue weighted by Gasteiger charge is -2.34. The summed E-state index contributed by atoms with van der Waals surface area (Å²) in [5, 5.41) is 2.79. The molecule has 2 aliphatic rings. The van der Waals surface area contributed by atoms with Crippen LogP contribution in [-0.2, 0) is 28.6 Å². The van der Waals surface area contributed by atoms with E-state index in [0.29, 0.717) is 18.7 Å². The zero-order chi connectivity index (χ0) is 29.8. The van der Waals surface area contributed by atoms with Gasteiger partial charge in [-0.15, -0.1) is 6.58 Å². The standard InChI is InChI=1S/C27H36N3O9PS/c1-3-19(2)16-30(41(35,36)23-11-9-21(28)10-12-23)17-25(39-40(32,33)34)27(15-24(27)20-7-5-4-6-8-20)29-26(31)38-22-13-14-37-18-22/h3-12,19,22,24-25H,1,13-18,28H2,2H3,(H,29,31)(H2,32,33,34)/t19?,22-,24-,25?,27?/m0/s1. The van der Waals surface area contributed by atoms with Crippen molar-refractivity contribution in [3.8, 4) is 0 Å². The van der Waals surface area contributed by atoms with Crippen LogP contribution < -0.4 is 11.1 Å². The van der Waals surface area contributed by atoms with Gasteiger partial charge in [0.1, 0.15) is 12.2 Å². The van der Waals surface area contributed by atoms with Crippen LogP contribution in [0.2, 0.25) is 0 Å². The van der Waals surface area contributed by atoms with Gasteiger partial charge in [-0.25, -0.2) is 17.8 Å². The molecule has 1 amide bonds. The predicted octanol–water partition coefficient (Wildman–Crippen LogP) is 3.00. The molecule has 5 N–H and O–H groups in total. The molecule has 0 aromatic heterocycles. The number of rotatable bonds is 13. The molecule has 0 radical (unpaired) electrons. The Morgan fingerprint density at radius 1 is 1.24 bits per heavy atom.